The molecule has 1 aromatic carbocycles. The molecule has 0 atom stereocenters. The summed E-state index contributed by atoms with van der Waals surface area (Å²) >= 11 is 5.83. The molecule has 0 aliphatic rings. The molecule has 0 saturated carbocycles. The number of hydrogen-bond acceptors (Lipinski definition) is 5. The Hall–Kier alpha value is -2.67. The van der Waals surface area contributed by atoms with E-state index in [-0.39, 0.29) is 23.9 Å². The molecule has 0 saturated heterocycles. The van der Waals surface area contributed by atoms with Gasteiger partial charge in [-0.15, -0.1) is 11.6 Å². The molecule has 0 fully saturated rings. The normalized spacial score (nSPS) is 11.1. The highest BCUT2D eigenvalue weighted by atomic mass is 35.5. The molecule has 1 amide bonds. The molecule has 0 unspecified atom stereocenters. The Morgan fingerprint density at radius 1 is 1.30 bits per heavy atom. The van der Waals surface area contributed by atoms with Gasteiger partial charge in [0.1, 0.15) is 0 Å². The smallest absolute Gasteiger partial charge is 0.360 e. The summed E-state index contributed by atoms with van der Waals surface area (Å²) < 4.78 is 6.14. The molecule has 1 N–H and O–H groups in total. The lowest BCUT2D eigenvalue weighted by Crippen LogP contribution is -2.34. The van der Waals surface area contributed by atoms with Gasteiger partial charge in [-0.05, 0) is 39.3 Å². The van der Waals surface area contributed by atoms with Crippen LogP contribution in [0.25, 0.3) is 5.69 Å². The second kappa shape index (κ2) is 8.35. The van der Waals surface area contributed by atoms with E-state index in [0.29, 0.717) is 5.69 Å². The molecular weight excluding hydrogens is 370 g/mol. The van der Waals surface area contributed by atoms with Gasteiger partial charge in [0.15, 0.2) is 5.69 Å². The number of aryl methyl sites for hydroxylation is 1. The summed E-state index contributed by atoms with van der Waals surface area (Å²) in [6.07, 6.45) is 0. The van der Waals surface area contributed by atoms with Crippen LogP contribution >= 0.6 is 11.6 Å². The maximum Gasteiger partial charge on any atom is 0.360 e. The van der Waals surface area contributed by atoms with E-state index in [0.717, 1.165) is 16.3 Å². The van der Waals surface area contributed by atoms with Gasteiger partial charge in [0.25, 0.3) is 5.56 Å². The summed E-state index contributed by atoms with van der Waals surface area (Å²) in [6, 6.07) is 8.30. The SMILES string of the molecule is CCOC(=O)c1nn(-c2ccccc2C)c(=O)cc1NC(=O)C(C)(C)CCl. The zero-order valence-corrected chi connectivity index (χ0v) is 16.5. The van der Waals surface area contributed by atoms with Gasteiger partial charge in [-0.1, -0.05) is 18.2 Å². The number of carbonyl (C=O) groups excluding carboxylic acids is 2. The van der Waals surface area contributed by atoms with E-state index in [1.165, 1.54) is 0 Å². The highest BCUT2D eigenvalue weighted by Gasteiger charge is 2.29. The Bertz CT molecular complexity index is 921. The topological polar surface area (TPSA) is 90.3 Å². The first-order valence-electron chi connectivity index (χ1n) is 8.46. The van der Waals surface area contributed by atoms with Gasteiger partial charge < -0.3 is 10.1 Å². The molecule has 8 heteroatoms. The molecule has 144 valence electrons. The minimum Gasteiger partial charge on any atom is -0.461 e. The van der Waals surface area contributed by atoms with Crippen molar-refractivity contribution in [3.05, 3.63) is 51.9 Å². The van der Waals surface area contributed by atoms with Crippen LogP contribution in [0.15, 0.2) is 35.1 Å². The zero-order valence-electron chi connectivity index (χ0n) is 15.7. The number of esters is 1. The molecule has 27 heavy (non-hydrogen) atoms. The van der Waals surface area contributed by atoms with Crippen molar-refractivity contribution in [3.63, 3.8) is 0 Å². The lowest BCUT2D eigenvalue weighted by atomic mass is 9.95. The van der Waals surface area contributed by atoms with E-state index >= 15 is 0 Å². The number of benzene rings is 1. The molecular formula is C19H22ClN3O4. The van der Waals surface area contributed by atoms with Crippen molar-refractivity contribution in [3.8, 4) is 5.69 Å². The first kappa shape index (κ1) is 20.6. The fraction of sp³-hybridized carbons (Fsp3) is 0.368. The van der Waals surface area contributed by atoms with E-state index in [1.54, 1.807) is 32.9 Å². The summed E-state index contributed by atoms with van der Waals surface area (Å²) in [6.45, 7) is 6.92. The van der Waals surface area contributed by atoms with E-state index in [4.69, 9.17) is 16.3 Å². The third-order valence-corrected chi connectivity index (χ3v) is 4.61. The van der Waals surface area contributed by atoms with Gasteiger partial charge in [0, 0.05) is 11.9 Å². The van der Waals surface area contributed by atoms with Crippen LogP contribution < -0.4 is 10.9 Å². The fourth-order valence-electron chi connectivity index (χ4n) is 2.23. The molecule has 7 nitrogen and oxygen atoms in total. The number of rotatable bonds is 6. The standard InChI is InChI=1S/C19H22ClN3O4/c1-5-27-17(25)16-13(21-18(26)19(3,4)11-20)10-15(24)23(22-16)14-9-7-6-8-12(14)2/h6-10H,5,11H2,1-4H3,(H,21,26). The van der Waals surface area contributed by atoms with Gasteiger partial charge in [0.2, 0.25) is 5.91 Å². The van der Waals surface area contributed by atoms with Crippen LogP contribution in [0.5, 0.6) is 0 Å². The number of anilines is 1. The minimum atomic E-state index is -0.891. The maximum absolute atomic E-state index is 12.6. The van der Waals surface area contributed by atoms with E-state index < -0.39 is 22.9 Å². The average Bonchev–Trinajstić information content (AvgIpc) is 2.62. The highest BCUT2D eigenvalue weighted by Crippen LogP contribution is 2.22. The number of aromatic nitrogens is 2. The van der Waals surface area contributed by atoms with E-state index in [2.05, 4.69) is 10.4 Å². The minimum absolute atomic E-state index is 0.00789. The summed E-state index contributed by atoms with van der Waals surface area (Å²) in [5, 5.41) is 6.74. The van der Waals surface area contributed by atoms with Crippen molar-refractivity contribution < 1.29 is 14.3 Å². The van der Waals surface area contributed by atoms with Crippen LogP contribution in [0.1, 0.15) is 36.8 Å². The number of alkyl halides is 1. The molecule has 0 radical (unpaired) electrons. The third-order valence-electron chi connectivity index (χ3n) is 3.94. The summed E-state index contributed by atoms with van der Waals surface area (Å²) in [5.41, 5.74) is -0.200. The molecule has 2 rings (SSSR count). The van der Waals surface area contributed by atoms with Crippen molar-refractivity contribution in [2.45, 2.75) is 27.7 Å². The lowest BCUT2D eigenvalue weighted by Gasteiger charge is -2.21. The number of carbonyl (C=O) groups is 2. The van der Waals surface area contributed by atoms with Crippen LogP contribution in [-0.4, -0.2) is 34.1 Å². The van der Waals surface area contributed by atoms with Crippen molar-refractivity contribution in [2.24, 2.45) is 5.41 Å². The van der Waals surface area contributed by atoms with Gasteiger partial charge in [-0.2, -0.15) is 9.78 Å². The number of halogens is 1. The second-order valence-corrected chi connectivity index (χ2v) is 6.90. The molecule has 0 spiro atoms. The molecule has 1 heterocycles. The Morgan fingerprint density at radius 3 is 2.56 bits per heavy atom. The Morgan fingerprint density at radius 2 is 1.96 bits per heavy atom. The number of ether oxygens (including phenoxy) is 1. The number of nitrogens with one attached hydrogen (secondary N) is 1. The fourth-order valence-corrected chi connectivity index (χ4v) is 2.35. The van der Waals surface area contributed by atoms with Crippen molar-refractivity contribution >= 4 is 29.2 Å². The van der Waals surface area contributed by atoms with Gasteiger partial charge in [0.05, 0.1) is 23.4 Å². The first-order valence-corrected chi connectivity index (χ1v) is 8.99. The van der Waals surface area contributed by atoms with Gasteiger partial charge in [-0.3, -0.25) is 9.59 Å². The molecule has 0 aliphatic heterocycles. The van der Waals surface area contributed by atoms with Crippen molar-refractivity contribution in [1.29, 1.82) is 0 Å². The predicted octanol–water partition coefficient (Wildman–Crippen LogP) is 2.92. The van der Waals surface area contributed by atoms with Crippen LogP contribution in [0.2, 0.25) is 0 Å². The number of amides is 1. The van der Waals surface area contributed by atoms with Crippen LogP contribution in [0.4, 0.5) is 5.69 Å². The summed E-state index contributed by atoms with van der Waals surface area (Å²) in [5.74, 6) is -1.10. The largest absolute Gasteiger partial charge is 0.461 e. The van der Waals surface area contributed by atoms with E-state index in [9.17, 15) is 14.4 Å². The van der Waals surface area contributed by atoms with Gasteiger partial charge in [-0.25, -0.2) is 4.79 Å². The molecule has 0 aliphatic carbocycles. The Balaban J connectivity index is 2.59. The second-order valence-electron chi connectivity index (χ2n) is 6.64. The number of hydrogen-bond donors (Lipinski definition) is 1. The highest BCUT2D eigenvalue weighted by molar-refractivity contribution is 6.20. The van der Waals surface area contributed by atoms with Gasteiger partial charge >= 0.3 is 5.97 Å². The summed E-state index contributed by atoms with van der Waals surface area (Å²) in [7, 11) is 0. The number of nitrogens with zero attached hydrogens (tertiary/aromatic N) is 2. The molecule has 0 bridgehead atoms. The van der Waals surface area contributed by atoms with Crippen LogP contribution in [0.3, 0.4) is 0 Å². The Kier molecular flexibility index (Phi) is 6.38. The Labute approximate surface area is 162 Å². The van der Waals surface area contributed by atoms with Crippen LogP contribution in [-0.2, 0) is 9.53 Å². The maximum atomic E-state index is 12.6. The van der Waals surface area contributed by atoms with E-state index in [1.807, 2.05) is 19.1 Å². The lowest BCUT2D eigenvalue weighted by molar-refractivity contribution is -0.122. The summed E-state index contributed by atoms with van der Waals surface area (Å²) in [4.78, 5) is 37.4. The average molecular weight is 392 g/mol. The van der Waals surface area contributed by atoms with Crippen molar-refractivity contribution in [1.82, 2.24) is 9.78 Å². The molecule has 1 aromatic heterocycles. The quantitative estimate of drug-likeness (QED) is 0.604. The van der Waals surface area contributed by atoms with Crippen LogP contribution in [0, 0.1) is 12.3 Å². The third kappa shape index (κ3) is 4.54. The number of para-hydroxylation sites is 1. The first-order chi connectivity index (χ1) is 12.7. The predicted molar refractivity (Wildman–Crippen MR) is 104 cm³/mol. The van der Waals surface area contributed by atoms with Crippen molar-refractivity contribution in [2.75, 3.05) is 17.8 Å². The zero-order chi connectivity index (χ0) is 20.2. The molecule has 2 aromatic rings. The monoisotopic (exact) mass is 391 g/mol.